The van der Waals surface area contributed by atoms with E-state index in [9.17, 15) is 33.9 Å². The molecule has 0 atom stereocenters. The number of methoxy groups -OCH3 is 1. The Kier molecular flexibility index (Phi) is 26.0. The summed E-state index contributed by atoms with van der Waals surface area (Å²) in [6.07, 6.45) is 5.93. The van der Waals surface area contributed by atoms with Crippen LogP contribution >= 0.6 is 159 Å². The highest BCUT2D eigenvalue weighted by atomic mass is 32.2. The molecule has 0 aliphatic rings. The van der Waals surface area contributed by atoms with Crippen molar-refractivity contribution in [3.05, 3.63) is 260 Å². The number of ether oxygens (including phenoxy) is 1. The van der Waals surface area contributed by atoms with Crippen molar-refractivity contribution in [1.29, 1.82) is 0 Å². The Morgan fingerprint density at radius 2 is 0.739 bits per heavy atom. The molecule has 1 N–H and O–H groups in total. The van der Waals surface area contributed by atoms with Crippen molar-refractivity contribution in [2.75, 3.05) is 7.11 Å². The summed E-state index contributed by atoms with van der Waals surface area (Å²) < 4.78 is 10.7. The summed E-state index contributed by atoms with van der Waals surface area (Å²) in [7, 11) is 1.40. The third-order valence-corrected chi connectivity index (χ3v) is 35.3. The molecule has 0 amide bonds. The predicted octanol–water partition coefficient (Wildman–Crippen LogP) is 29.8. The second-order valence-electron chi connectivity index (χ2n) is 26.8. The lowest BCUT2D eigenvalue weighted by Crippen LogP contribution is -2.04. The van der Waals surface area contributed by atoms with Crippen LogP contribution in [0, 0.1) is 0 Å². The highest BCUT2D eigenvalue weighted by molar-refractivity contribution is 7.32. The first-order chi connectivity index (χ1) is 57.9. The molecular formula is C92H69N5O8S14. The number of nitrogens with zero attached hydrogens (tertiary/aromatic N) is 5. The van der Waals surface area contributed by atoms with Crippen molar-refractivity contribution in [3.63, 3.8) is 0 Å². The van der Waals surface area contributed by atoms with Gasteiger partial charge in [-0.25, -0.2) is 19.9 Å². The van der Waals surface area contributed by atoms with Gasteiger partial charge in [0.15, 0.2) is 23.1 Å². The summed E-state index contributed by atoms with van der Waals surface area (Å²) in [4.78, 5) is 110. The first kappa shape index (κ1) is 82.8. The minimum absolute atomic E-state index is 0.0118. The fourth-order valence-corrected chi connectivity index (χ4v) is 27.6. The largest absolute Gasteiger partial charge is 0.481 e. The molecule has 0 bridgehead atoms. The van der Waals surface area contributed by atoms with Crippen molar-refractivity contribution in [1.82, 2.24) is 24.5 Å². The second-order valence-corrected chi connectivity index (χ2v) is 41.1. The summed E-state index contributed by atoms with van der Waals surface area (Å²) in [6.45, 7) is 10.2. The molecule has 4 aromatic carbocycles. The monoisotopic (exact) mass is 1820 g/mol. The van der Waals surface area contributed by atoms with Crippen LogP contribution < -0.4 is 0 Å². The number of thiazole rings is 3. The average molecular weight is 1820 g/mol. The molecule has 0 aliphatic carbocycles. The molecule has 0 saturated carbocycles. The van der Waals surface area contributed by atoms with E-state index in [-0.39, 0.29) is 41.9 Å². The van der Waals surface area contributed by atoms with Crippen LogP contribution in [0.3, 0.4) is 0 Å². The highest BCUT2D eigenvalue weighted by Gasteiger charge is 2.24. The number of esters is 1. The number of hydrogen-bond acceptors (Lipinski definition) is 25. The van der Waals surface area contributed by atoms with Gasteiger partial charge in [-0.2, -0.15) is 0 Å². The number of aryl methyl sites for hydroxylation is 1. The fourth-order valence-electron chi connectivity index (χ4n) is 12.8. The van der Waals surface area contributed by atoms with E-state index in [2.05, 4.69) is 127 Å². The number of fused-ring (bicyclic) bond motifs is 4. The van der Waals surface area contributed by atoms with Gasteiger partial charge in [0.25, 0.3) is 0 Å². The van der Waals surface area contributed by atoms with Gasteiger partial charge < -0.3 is 14.4 Å². The lowest BCUT2D eigenvalue weighted by molar-refractivity contribution is -0.140. The summed E-state index contributed by atoms with van der Waals surface area (Å²) in [5, 5.41) is 20.1. The molecule has 0 unspecified atom stereocenters. The zero-order valence-electron chi connectivity index (χ0n) is 64.4. The number of ketones is 4. The van der Waals surface area contributed by atoms with E-state index in [1.165, 1.54) is 62.6 Å². The van der Waals surface area contributed by atoms with Crippen LogP contribution in [0.1, 0.15) is 117 Å². The number of rotatable bonds is 24. The molecular weight excluding hydrogens is 1750 g/mol. The number of aliphatic carboxylic acids is 1. The average Bonchev–Trinajstić information content (AvgIpc) is 1.64. The van der Waals surface area contributed by atoms with Gasteiger partial charge in [0, 0.05) is 143 Å². The summed E-state index contributed by atoms with van der Waals surface area (Å²) in [6, 6.07) is 65.9. The molecule has 0 radical (unpaired) electrons. The van der Waals surface area contributed by atoms with Gasteiger partial charge in [-0.1, -0.05) is 69.3 Å². The smallest absolute Gasteiger partial charge is 0.310 e. The van der Waals surface area contributed by atoms with Gasteiger partial charge in [0.05, 0.1) is 76.3 Å². The molecule has 15 aromatic heterocycles. The Balaban J connectivity index is 0.000000119. The van der Waals surface area contributed by atoms with Crippen molar-refractivity contribution < 1.29 is 38.6 Å². The van der Waals surface area contributed by atoms with Crippen molar-refractivity contribution in [2.45, 2.75) is 73.3 Å². The minimum Gasteiger partial charge on any atom is -0.481 e. The number of Topliss-reactive ketones (excluding diaryl/α,β-unsaturated/α-hetero) is 4. The zero-order valence-corrected chi connectivity index (χ0v) is 75.9. The SMILES string of the molecule is CC(=O)c1csc(-c2sc(-c3ccc(-c4nc5ccccc5s4)s3)cc2CC(=O)O)c1.CCC(=O)c1csc(-c2ccc(-c3ccc(-c4nc5ccccc5s4)s3)s2)c1.CCC(=O)c1csc(-c2ccc(/C=C/c3nc4ccccc4n3CC)s2)c1.CCC(=O)c1csc(-c2sc(-c3ccc(-c4nc5ccccc5s4)s3)cc2CC(=O)OC)c1. The van der Waals surface area contributed by atoms with Gasteiger partial charge in [-0.15, -0.1) is 159 Å². The Morgan fingerprint density at radius 3 is 1.17 bits per heavy atom. The molecule has 19 rings (SSSR count). The normalized spacial score (nSPS) is 11.3. The molecule has 0 saturated heterocycles. The van der Waals surface area contributed by atoms with Gasteiger partial charge in [-0.3, -0.25) is 28.8 Å². The molecule has 594 valence electrons. The Bertz CT molecular complexity index is 6870. The maximum atomic E-state index is 12.1. The lowest BCUT2D eigenvalue weighted by atomic mass is 10.1. The minimum atomic E-state index is -0.865. The van der Waals surface area contributed by atoms with E-state index >= 15 is 0 Å². The van der Waals surface area contributed by atoms with Crippen molar-refractivity contribution >= 4 is 248 Å². The van der Waals surface area contributed by atoms with Crippen LogP contribution in [-0.4, -0.2) is 71.8 Å². The summed E-state index contributed by atoms with van der Waals surface area (Å²) >= 11 is 23.3. The van der Waals surface area contributed by atoms with Crippen LogP contribution in [0.25, 0.3) is 152 Å². The molecule has 27 heteroatoms. The topological polar surface area (TPSA) is 188 Å². The van der Waals surface area contributed by atoms with E-state index < -0.39 is 5.97 Å². The third-order valence-electron chi connectivity index (χ3n) is 18.9. The Labute approximate surface area is 741 Å². The van der Waals surface area contributed by atoms with Crippen molar-refractivity contribution in [2.24, 2.45) is 0 Å². The maximum absolute atomic E-state index is 12.1. The van der Waals surface area contributed by atoms with E-state index in [4.69, 9.17) is 24.7 Å². The molecule has 0 spiro atoms. The first-order valence-electron chi connectivity index (χ1n) is 37.7. The number of carboxylic acids is 1. The summed E-state index contributed by atoms with van der Waals surface area (Å²) in [5.41, 5.74) is 10.00. The van der Waals surface area contributed by atoms with Gasteiger partial charge in [-0.05, 0) is 183 Å². The number of carbonyl (C=O) groups excluding carboxylic acids is 5. The van der Waals surface area contributed by atoms with Gasteiger partial charge >= 0.3 is 11.9 Å². The van der Waals surface area contributed by atoms with E-state index in [0.29, 0.717) is 24.8 Å². The highest BCUT2D eigenvalue weighted by Crippen LogP contribution is 2.49. The van der Waals surface area contributed by atoms with Crippen LogP contribution in [0.5, 0.6) is 0 Å². The third kappa shape index (κ3) is 18.8. The number of carbonyl (C=O) groups is 6. The van der Waals surface area contributed by atoms with E-state index in [0.717, 1.165) is 141 Å². The standard InChI is InChI=1S/C25H19NO3S4.C23H15NO3S4.C22H20N2OS2.C22H15NOS4/c1-3-17(27)15-11-22(30-13-15)24-14(12-23(28)29-2)10-21(32-24)19-8-9-20(31-19)25-26-16-6-4-5-7-18(16)33-25;1-12(25)14-9-20(28-11-14)22-13(10-21(26)27)8-19(30-22)17-6-7-18(29-17)23-24-15-4-2-3-5-16(15)31-23;1-3-19(25)15-13-21(26-14-15)20-11-9-16(27-20)10-12-22-23-17-7-5-6-8-18(17)24(22)4-2;1-2-15(24)13-11-21(25-12-13)19-8-7-17(26-19)18-9-10-20(27-18)22-23-14-5-3-4-6-16(14)28-22/h4-11,13H,3,12H2,1-2H3;2-9,11H,10H2,1H3,(H,26,27);5-14H,3-4H2,1-2H3;3-12H,2H2,1H3/b;;12-10+;. The maximum Gasteiger partial charge on any atom is 0.310 e. The van der Waals surface area contributed by atoms with Gasteiger partial charge in [0.2, 0.25) is 0 Å². The Hall–Kier alpha value is -9.92. The Morgan fingerprint density at radius 1 is 0.370 bits per heavy atom. The van der Waals surface area contributed by atoms with Crippen LogP contribution in [-0.2, 0) is 33.7 Å². The first-order valence-corrected chi connectivity index (χ1v) is 49.3. The fraction of sp³-hybridized carbons (Fsp3) is 0.130. The summed E-state index contributed by atoms with van der Waals surface area (Å²) in [5.74, 6) is 0.380. The predicted molar refractivity (Wildman–Crippen MR) is 512 cm³/mol. The molecule has 0 aliphatic heterocycles. The molecule has 13 nitrogen and oxygen atoms in total. The molecule has 119 heavy (non-hydrogen) atoms. The number of imidazole rings is 1. The van der Waals surface area contributed by atoms with E-state index in [1.54, 1.807) is 154 Å². The number of hydrogen-bond donors (Lipinski definition) is 1. The second kappa shape index (κ2) is 37.4. The number of para-hydroxylation sites is 5. The molecule has 19 aromatic rings. The number of aromatic nitrogens is 5. The number of benzene rings is 4. The zero-order chi connectivity index (χ0) is 82.4. The van der Waals surface area contributed by atoms with Crippen LogP contribution in [0.15, 0.2) is 216 Å². The van der Waals surface area contributed by atoms with Crippen LogP contribution in [0.4, 0.5) is 0 Å². The van der Waals surface area contributed by atoms with Gasteiger partial charge in [0.1, 0.15) is 20.8 Å². The number of carboxylic acid groups (broad SMARTS) is 1. The number of thiophene rings is 11. The van der Waals surface area contributed by atoms with E-state index in [1.807, 2.05) is 133 Å². The molecule has 15 heterocycles. The molecule has 0 fully saturated rings. The van der Waals surface area contributed by atoms with Crippen LogP contribution in [0.2, 0.25) is 0 Å². The quantitative estimate of drug-likeness (QED) is 0.0446. The van der Waals surface area contributed by atoms with Crippen molar-refractivity contribution in [3.8, 4) is 97.9 Å². The lowest BCUT2D eigenvalue weighted by Gasteiger charge is -2.01.